The fourth-order valence-corrected chi connectivity index (χ4v) is 2.81. The molecule has 0 atom stereocenters. The Morgan fingerprint density at radius 3 is 2.59 bits per heavy atom. The molecule has 3 heteroatoms. The predicted molar refractivity (Wildman–Crippen MR) is 86.0 cm³/mol. The quantitative estimate of drug-likeness (QED) is 0.673. The number of hydrogen-bond donors (Lipinski definition) is 0. The summed E-state index contributed by atoms with van der Waals surface area (Å²) < 4.78 is 1.82. The second-order valence-electron chi connectivity index (χ2n) is 5.39. The second-order valence-corrected chi connectivity index (χ2v) is 5.39. The van der Waals surface area contributed by atoms with Crippen molar-refractivity contribution in [2.24, 2.45) is 0 Å². The summed E-state index contributed by atoms with van der Waals surface area (Å²) >= 11 is 0. The zero-order chi connectivity index (χ0) is 14.9. The molecule has 0 N–H and O–H groups in total. The minimum atomic E-state index is 0.128. The van der Waals surface area contributed by atoms with Gasteiger partial charge in [0.05, 0.1) is 11.9 Å². The molecule has 0 spiro atoms. The molecule has 1 heterocycles. The van der Waals surface area contributed by atoms with Gasteiger partial charge < -0.3 is 0 Å². The predicted octanol–water partition coefficient (Wildman–Crippen LogP) is 3.69. The van der Waals surface area contributed by atoms with Crippen LogP contribution in [0.2, 0.25) is 0 Å². The second kappa shape index (κ2) is 5.11. The van der Waals surface area contributed by atoms with Crippen LogP contribution < -0.4 is 0 Å². The van der Waals surface area contributed by atoms with Gasteiger partial charge in [0.2, 0.25) is 0 Å². The summed E-state index contributed by atoms with van der Waals surface area (Å²) in [6, 6.07) is 17.7. The Morgan fingerprint density at radius 1 is 1.00 bits per heavy atom. The third-order valence-corrected chi connectivity index (χ3v) is 3.90. The minimum absolute atomic E-state index is 0.128. The Hall–Kier alpha value is -2.94. The third-order valence-electron chi connectivity index (χ3n) is 3.90. The number of rotatable bonds is 2. The normalized spacial score (nSPS) is 15.3. The molecule has 0 amide bonds. The molecule has 1 aliphatic carbocycles. The van der Waals surface area contributed by atoms with Gasteiger partial charge in [0.15, 0.2) is 5.78 Å². The number of benzene rings is 2. The maximum Gasteiger partial charge on any atom is 0.189 e. The summed E-state index contributed by atoms with van der Waals surface area (Å²) in [6.07, 6.45) is 6.37. The molecule has 0 aliphatic heterocycles. The van der Waals surface area contributed by atoms with Crippen LogP contribution >= 0.6 is 0 Å². The lowest BCUT2D eigenvalue weighted by atomic mass is 10.1. The van der Waals surface area contributed by atoms with Crippen molar-refractivity contribution in [1.29, 1.82) is 0 Å². The van der Waals surface area contributed by atoms with E-state index in [1.807, 2.05) is 71.6 Å². The van der Waals surface area contributed by atoms with E-state index < -0.39 is 0 Å². The topological polar surface area (TPSA) is 34.9 Å². The first-order chi connectivity index (χ1) is 10.8. The molecular formula is C19H14N2O. The van der Waals surface area contributed by atoms with Crippen LogP contribution in [0.1, 0.15) is 21.5 Å². The lowest BCUT2D eigenvalue weighted by Gasteiger charge is -1.98. The van der Waals surface area contributed by atoms with Crippen molar-refractivity contribution in [2.45, 2.75) is 6.42 Å². The van der Waals surface area contributed by atoms with Gasteiger partial charge in [-0.1, -0.05) is 42.5 Å². The zero-order valence-corrected chi connectivity index (χ0v) is 11.9. The van der Waals surface area contributed by atoms with E-state index in [0.717, 1.165) is 28.0 Å². The van der Waals surface area contributed by atoms with Crippen LogP contribution in [0.4, 0.5) is 0 Å². The van der Waals surface area contributed by atoms with Crippen molar-refractivity contribution in [3.63, 3.8) is 0 Å². The number of Topliss-reactive ketones (excluding diaryl/α,β-unsaturated/α-hetero) is 1. The van der Waals surface area contributed by atoms with E-state index in [1.54, 1.807) is 6.20 Å². The number of aromatic nitrogens is 2. The molecule has 4 rings (SSSR count). The molecule has 106 valence electrons. The van der Waals surface area contributed by atoms with Crippen molar-refractivity contribution in [2.75, 3.05) is 0 Å². The Labute approximate surface area is 128 Å². The van der Waals surface area contributed by atoms with Crippen molar-refractivity contribution >= 4 is 11.9 Å². The maximum absolute atomic E-state index is 12.4. The number of para-hydroxylation sites is 1. The first-order valence-corrected chi connectivity index (χ1v) is 7.24. The summed E-state index contributed by atoms with van der Waals surface area (Å²) in [4.78, 5) is 12.4. The number of allylic oxidation sites excluding steroid dienone is 1. The highest BCUT2D eigenvalue weighted by atomic mass is 16.1. The molecule has 1 aromatic heterocycles. The SMILES string of the molecule is O=C1/C(=C/c2cnn(-c3ccccc3)c2)Cc2ccccc21. The third kappa shape index (κ3) is 2.17. The number of ketones is 1. The smallest absolute Gasteiger partial charge is 0.189 e. The lowest BCUT2D eigenvalue weighted by Crippen LogP contribution is -1.94. The lowest BCUT2D eigenvalue weighted by molar-refractivity contribution is 0.104. The van der Waals surface area contributed by atoms with E-state index in [-0.39, 0.29) is 5.78 Å². The van der Waals surface area contributed by atoms with Gasteiger partial charge in [0, 0.05) is 29.3 Å². The zero-order valence-electron chi connectivity index (χ0n) is 11.9. The fraction of sp³-hybridized carbons (Fsp3) is 0.0526. The van der Waals surface area contributed by atoms with Crippen LogP contribution in [0.15, 0.2) is 72.6 Å². The Bertz CT molecular complexity index is 875. The van der Waals surface area contributed by atoms with Crippen LogP contribution in [-0.4, -0.2) is 15.6 Å². The van der Waals surface area contributed by atoms with Crippen LogP contribution in [0, 0.1) is 0 Å². The Balaban J connectivity index is 1.65. The van der Waals surface area contributed by atoms with E-state index in [4.69, 9.17) is 0 Å². The molecule has 0 saturated carbocycles. The summed E-state index contributed by atoms with van der Waals surface area (Å²) in [5.41, 5.74) is 4.71. The molecule has 1 aliphatic rings. The highest BCUT2D eigenvalue weighted by Gasteiger charge is 2.23. The van der Waals surface area contributed by atoms with Gasteiger partial charge in [-0.3, -0.25) is 4.79 Å². The van der Waals surface area contributed by atoms with Crippen LogP contribution in [-0.2, 0) is 6.42 Å². The molecule has 0 unspecified atom stereocenters. The number of carbonyl (C=O) groups is 1. The molecule has 0 bridgehead atoms. The molecule has 0 saturated heterocycles. The van der Waals surface area contributed by atoms with Gasteiger partial charge in [0.1, 0.15) is 0 Å². The average molecular weight is 286 g/mol. The highest BCUT2D eigenvalue weighted by Crippen LogP contribution is 2.27. The van der Waals surface area contributed by atoms with Gasteiger partial charge in [0.25, 0.3) is 0 Å². The van der Waals surface area contributed by atoms with E-state index in [9.17, 15) is 4.79 Å². The van der Waals surface area contributed by atoms with E-state index in [2.05, 4.69) is 5.10 Å². The maximum atomic E-state index is 12.4. The largest absolute Gasteiger partial charge is 0.289 e. The van der Waals surface area contributed by atoms with Gasteiger partial charge in [-0.15, -0.1) is 0 Å². The van der Waals surface area contributed by atoms with Gasteiger partial charge in [-0.05, 0) is 23.8 Å². The number of hydrogen-bond acceptors (Lipinski definition) is 2. The first-order valence-electron chi connectivity index (χ1n) is 7.24. The van der Waals surface area contributed by atoms with E-state index in [0.29, 0.717) is 6.42 Å². The molecule has 2 aromatic carbocycles. The summed E-state index contributed by atoms with van der Waals surface area (Å²) in [5.74, 6) is 0.128. The van der Waals surface area contributed by atoms with Crippen LogP contribution in [0.25, 0.3) is 11.8 Å². The minimum Gasteiger partial charge on any atom is -0.289 e. The van der Waals surface area contributed by atoms with E-state index in [1.165, 1.54) is 0 Å². The average Bonchev–Trinajstić information content (AvgIpc) is 3.15. The Morgan fingerprint density at radius 2 is 1.77 bits per heavy atom. The molecule has 0 radical (unpaired) electrons. The fourth-order valence-electron chi connectivity index (χ4n) is 2.81. The number of carbonyl (C=O) groups excluding carboxylic acids is 1. The monoisotopic (exact) mass is 286 g/mol. The standard InChI is InChI=1S/C19H14N2O/c22-19-16(11-15-6-4-5-9-18(15)19)10-14-12-20-21(13-14)17-7-2-1-3-8-17/h1-10,12-13H,11H2/b16-10+. The van der Waals surface area contributed by atoms with Gasteiger partial charge in [-0.2, -0.15) is 5.10 Å². The van der Waals surface area contributed by atoms with Crippen molar-refractivity contribution < 1.29 is 4.79 Å². The van der Waals surface area contributed by atoms with Crippen LogP contribution in [0.3, 0.4) is 0 Å². The molecule has 22 heavy (non-hydrogen) atoms. The molecular weight excluding hydrogens is 272 g/mol. The number of nitrogens with zero attached hydrogens (tertiary/aromatic N) is 2. The van der Waals surface area contributed by atoms with Crippen molar-refractivity contribution in [3.05, 3.63) is 89.3 Å². The first kappa shape index (κ1) is 12.8. The van der Waals surface area contributed by atoms with Gasteiger partial charge >= 0.3 is 0 Å². The summed E-state index contributed by atoms with van der Waals surface area (Å²) in [7, 11) is 0. The molecule has 3 nitrogen and oxygen atoms in total. The summed E-state index contributed by atoms with van der Waals surface area (Å²) in [6.45, 7) is 0. The number of fused-ring (bicyclic) bond motifs is 1. The highest BCUT2D eigenvalue weighted by molar-refractivity contribution is 6.15. The van der Waals surface area contributed by atoms with Gasteiger partial charge in [-0.25, -0.2) is 4.68 Å². The van der Waals surface area contributed by atoms with Crippen molar-refractivity contribution in [3.8, 4) is 5.69 Å². The Kier molecular flexibility index (Phi) is 2.97. The molecule has 3 aromatic rings. The van der Waals surface area contributed by atoms with Crippen molar-refractivity contribution in [1.82, 2.24) is 9.78 Å². The van der Waals surface area contributed by atoms with E-state index >= 15 is 0 Å². The summed E-state index contributed by atoms with van der Waals surface area (Å²) in [5, 5.41) is 4.36. The molecule has 0 fully saturated rings. The van der Waals surface area contributed by atoms with Crippen LogP contribution in [0.5, 0.6) is 0 Å².